The summed E-state index contributed by atoms with van der Waals surface area (Å²) < 4.78 is 18.9. The highest BCUT2D eigenvalue weighted by atomic mass is 16.5. The number of piperidine rings is 1. The molecule has 1 saturated heterocycles. The summed E-state index contributed by atoms with van der Waals surface area (Å²) in [6.07, 6.45) is 10.6. The Balaban J connectivity index is 0.698. The van der Waals surface area contributed by atoms with E-state index in [1.54, 1.807) is 41.3 Å². The van der Waals surface area contributed by atoms with Crippen molar-refractivity contribution < 1.29 is 38.2 Å². The van der Waals surface area contributed by atoms with Gasteiger partial charge in [-0.2, -0.15) is 15.0 Å². The van der Waals surface area contributed by atoms with Crippen molar-refractivity contribution in [1.82, 2.24) is 35.3 Å². The first-order chi connectivity index (χ1) is 29.3. The number of rotatable bonds is 18. The Labute approximate surface area is 345 Å². The van der Waals surface area contributed by atoms with E-state index in [1.165, 1.54) is 6.20 Å². The molecule has 1 unspecified atom stereocenters. The quantitative estimate of drug-likeness (QED) is 0.0835. The van der Waals surface area contributed by atoms with E-state index in [2.05, 4.69) is 42.4 Å². The smallest absolute Gasteiger partial charge is 0.264 e. The number of benzene rings is 1. The largest absolute Gasteiger partial charge is 0.382 e. The van der Waals surface area contributed by atoms with Crippen LogP contribution in [-0.4, -0.2) is 118 Å². The lowest BCUT2D eigenvalue weighted by molar-refractivity contribution is -0.136. The van der Waals surface area contributed by atoms with E-state index in [1.807, 2.05) is 6.07 Å². The zero-order chi connectivity index (χ0) is 41.6. The van der Waals surface area contributed by atoms with Gasteiger partial charge in [0.15, 0.2) is 11.5 Å². The van der Waals surface area contributed by atoms with E-state index in [0.717, 1.165) is 48.8 Å². The SMILES string of the molecule is N#Cc1cnc2c(cnn2-c2cc(NC3CC3)c(C(=O)NC3CCC(COCCOCCOCCNc4cccc5c4C(=O)N(C4CCC(=O)NC4=O)C5=O)CC3)cn2)c1. The maximum absolute atomic E-state index is 13.5. The van der Waals surface area contributed by atoms with E-state index in [0.29, 0.717) is 92.1 Å². The van der Waals surface area contributed by atoms with Crippen LogP contribution in [0.2, 0.25) is 0 Å². The molecule has 8 rings (SSSR count). The first kappa shape index (κ1) is 40.5. The summed E-state index contributed by atoms with van der Waals surface area (Å²) in [4.78, 5) is 73.6. The van der Waals surface area contributed by atoms with Crippen LogP contribution in [0.25, 0.3) is 16.9 Å². The molecule has 4 aliphatic rings. The summed E-state index contributed by atoms with van der Waals surface area (Å²) in [5, 5.41) is 26.4. The standard InChI is InChI=1S/C42H46N10O8/c43-20-26-18-27-22-47-52(38(27)46-21-26)35-19-33(48-28-8-9-28)31(23-45-35)39(54)49-29-6-4-25(5-7-29)24-60-17-16-59-15-14-58-13-12-44-32-3-1-2-30-37(32)42(57)51(41(30)56)34-10-11-36(53)50-40(34)55/h1-3,18-19,21-23,25,28-29,34,44H,4-17,24H2,(H,45,48)(H,49,54)(H,50,53,55). The molecule has 18 heteroatoms. The zero-order valence-corrected chi connectivity index (χ0v) is 33.0. The second-order valence-corrected chi connectivity index (χ2v) is 15.4. The van der Waals surface area contributed by atoms with Crippen LogP contribution < -0.4 is 21.3 Å². The number of nitrogens with one attached hydrogen (secondary N) is 4. The number of imide groups is 2. The van der Waals surface area contributed by atoms with Gasteiger partial charge in [0.2, 0.25) is 11.8 Å². The first-order valence-electron chi connectivity index (χ1n) is 20.4. The average Bonchev–Trinajstić information content (AvgIpc) is 3.91. The van der Waals surface area contributed by atoms with E-state index in [9.17, 15) is 29.2 Å². The van der Waals surface area contributed by atoms with Crippen LogP contribution in [0.5, 0.6) is 0 Å². The van der Waals surface area contributed by atoms with Crippen LogP contribution in [0, 0.1) is 17.2 Å². The number of anilines is 2. The van der Waals surface area contributed by atoms with Crippen LogP contribution in [0.3, 0.4) is 0 Å². The molecule has 2 saturated carbocycles. The summed E-state index contributed by atoms with van der Waals surface area (Å²) >= 11 is 0. The summed E-state index contributed by atoms with van der Waals surface area (Å²) in [7, 11) is 0. The highest BCUT2D eigenvalue weighted by Gasteiger charge is 2.45. The van der Waals surface area contributed by atoms with Gasteiger partial charge in [0.25, 0.3) is 17.7 Å². The fraction of sp³-hybridized carbons (Fsp3) is 0.452. The number of aromatic nitrogens is 4. The number of nitriles is 1. The lowest BCUT2D eigenvalue weighted by Gasteiger charge is -2.29. The molecule has 2 aliphatic heterocycles. The van der Waals surface area contributed by atoms with Gasteiger partial charge in [0.05, 0.1) is 67.2 Å². The molecular weight excluding hydrogens is 773 g/mol. The maximum atomic E-state index is 13.5. The number of nitrogens with zero attached hydrogens (tertiary/aromatic N) is 6. The Morgan fingerprint density at radius 3 is 2.38 bits per heavy atom. The van der Waals surface area contributed by atoms with Gasteiger partial charge in [-0.3, -0.25) is 34.2 Å². The lowest BCUT2D eigenvalue weighted by atomic mass is 9.86. The van der Waals surface area contributed by atoms with Crippen molar-refractivity contribution in [3.05, 3.63) is 71.2 Å². The molecule has 3 aromatic heterocycles. The van der Waals surface area contributed by atoms with Gasteiger partial charge in [-0.05, 0) is 69.1 Å². The fourth-order valence-corrected chi connectivity index (χ4v) is 7.80. The van der Waals surface area contributed by atoms with Crippen molar-refractivity contribution >= 4 is 51.9 Å². The highest BCUT2D eigenvalue weighted by molar-refractivity contribution is 6.25. The van der Waals surface area contributed by atoms with Crippen molar-refractivity contribution in [2.45, 2.75) is 69.5 Å². The highest BCUT2D eigenvalue weighted by Crippen LogP contribution is 2.33. The molecule has 4 aromatic rings. The summed E-state index contributed by atoms with van der Waals surface area (Å²) in [6.45, 7) is 3.00. The number of hydrogen-bond donors (Lipinski definition) is 4. The Kier molecular flexibility index (Phi) is 12.4. The van der Waals surface area contributed by atoms with Gasteiger partial charge >= 0.3 is 0 Å². The van der Waals surface area contributed by atoms with Gasteiger partial charge in [-0.25, -0.2) is 9.97 Å². The Morgan fingerprint density at radius 2 is 1.62 bits per heavy atom. The Morgan fingerprint density at radius 1 is 0.850 bits per heavy atom. The minimum Gasteiger partial charge on any atom is -0.382 e. The topological polar surface area (TPSA) is 232 Å². The predicted molar refractivity (Wildman–Crippen MR) is 215 cm³/mol. The van der Waals surface area contributed by atoms with Crippen LogP contribution >= 0.6 is 0 Å². The molecule has 5 heterocycles. The monoisotopic (exact) mass is 818 g/mol. The normalized spacial score (nSPS) is 20.2. The lowest BCUT2D eigenvalue weighted by Crippen LogP contribution is -2.54. The molecule has 60 heavy (non-hydrogen) atoms. The second-order valence-electron chi connectivity index (χ2n) is 15.4. The summed E-state index contributed by atoms with van der Waals surface area (Å²) in [6, 6.07) is 9.94. The average molecular weight is 819 g/mol. The molecule has 0 radical (unpaired) electrons. The fourth-order valence-electron chi connectivity index (χ4n) is 7.80. The third-order valence-corrected chi connectivity index (χ3v) is 11.1. The van der Waals surface area contributed by atoms with E-state index >= 15 is 0 Å². The van der Waals surface area contributed by atoms with Gasteiger partial charge in [-0.15, -0.1) is 0 Å². The van der Waals surface area contributed by atoms with Crippen LogP contribution in [0.1, 0.15) is 88.0 Å². The van der Waals surface area contributed by atoms with E-state index < -0.39 is 29.7 Å². The predicted octanol–water partition coefficient (Wildman–Crippen LogP) is 3.11. The van der Waals surface area contributed by atoms with Crippen molar-refractivity contribution in [2.75, 3.05) is 56.8 Å². The number of carbonyl (C=O) groups excluding carboxylic acids is 5. The van der Waals surface area contributed by atoms with Gasteiger partial charge in [0, 0.05) is 61.2 Å². The minimum absolute atomic E-state index is 0.0601. The molecule has 312 valence electrons. The van der Waals surface area contributed by atoms with Crippen molar-refractivity contribution in [3.8, 4) is 11.9 Å². The number of fused-ring (bicyclic) bond motifs is 2. The summed E-state index contributed by atoms with van der Waals surface area (Å²) in [5.41, 5.74) is 3.12. The van der Waals surface area contributed by atoms with Crippen molar-refractivity contribution in [3.63, 3.8) is 0 Å². The Bertz CT molecular complexity index is 2330. The van der Waals surface area contributed by atoms with E-state index in [-0.39, 0.29) is 35.9 Å². The third-order valence-electron chi connectivity index (χ3n) is 11.1. The third kappa shape index (κ3) is 9.13. The van der Waals surface area contributed by atoms with E-state index in [4.69, 9.17) is 14.2 Å². The molecule has 0 spiro atoms. The summed E-state index contributed by atoms with van der Waals surface area (Å²) in [5.74, 6) is -1.41. The van der Waals surface area contributed by atoms with Gasteiger partial charge < -0.3 is 30.2 Å². The van der Waals surface area contributed by atoms with Crippen LogP contribution in [0.15, 0.2) is 48.9 Å². The zero-order valence-electron chi connectivity index (χ0n) is 33.0. The number of pyridine rings is 2. The maximum Gasteiger partial charge on any atom is 0.264 e. The van der Waals surface area contributed by atoms with Gasteiger partial charge in [0.1, 0.15) is 12.1 Å². The minimum atomic E-state index is -1.02. The number of hydrogen-bond acceptors (Lipinski definition) is 14. The molecule has 3 fully saturated rings. The molecule has 18 nitrogen and oxygen atoms in total. The molecule has 5 amide bonds. The second kappa shape index (κ2) is 18.3. The van der Waals surface area contributed by atoms with Crippen LogP contribution in [0.4, 0.5) is 11.4 Å². The van der Waals surface area contributed by atoms with Crippen molar-refractivity contribution in [2.24, 2.45) is 5.92 Å². The molecule has 1 atom stereocenters. The molecule has 1 aromatic carbocycles. The molecule has 2 aliphatic carbocycles. The number of amides is 5. The molecular formula is C42H46N10O8. The Hall–Kier alpha value is -6.29. The van der Waals surface area contributed by atoms with Gasteiger partial charge in [-0.1, -0.05) is 6.07 Å². The van der Waals surface area contributed by atoms with Crippen molar-refractivity contribution in [1.29, 1.82) is 5.26 Å². The molecule has 4 N–H and O–H groups in total. The van der Waals surface area contributed by atoms with Crippen LogP contribution in [-0.2, 0) is 23.8 Å². The number of ether oxygens (including phenoxy) is 3. The first-order valence-corrected chi connectivity index (χ1v) is 20.4. The number of carbonyl (C=O) groups is 5. The molecule has 0 bridgehead atoms.